The fourth-order valence-electron chi connectivity index (χ4n) is 0.888. The Balaban J connectivity index is 2.93. The minimum absolute atomic E-state index is 0.250. The third kappa shape index (κ3) is 2.38. The molecule has 0 saturated carbocycles. The summed E-state index contributed by atoms with van der Waals surface area (Å²) in [6.45, 7) is 1.35. The number of anilines is 1. The van der Waals surface area contributed by atoms with E-state index in [-0.39, 0.29) is 5.91 Å². The van der Waals surface area contributed by atoms with E-state index in [9.17, 15) is 9.18 Å². The van der Waals surface area contributed by atoms with Gasteiger partial charge in [0.25, 0.3) is 0 Å². The van der Waals surface area contributed by atoms with Gasteiger partial charge in [-0.2, -0.15) is 0 Å². The van der Waals surface area contributed by atoms with Gasteiger partial charge >= 0.3 is 0 Å². The molecule has 1 aromatic rings. The second-order valence-corrected chi connectivity index (χ2v) is 2.45. The number of nitrogens with one attached hydrogen (secondary N) is 1. The normalized spacial score (nSPS) is 9.50. The predicted octanol–water partition coefficient (Wildman–Crippen LogP) is 0.578. The minimum Gasteiger partial charge on any atom is -0.326 e. The van der Waals surface area contributed by atoms with Gasteiger partial charge in [0.1, 0.15) is 13.7 Å². The smallest absolute Gasteiger partial charge is 0.221 e. The van der Waals surface area contributed by atoms with Gasteiger partial charge < -0.3 is 5.32 Å². The van der Waals surface area contributed by atoms with E-state index >= 15 is 0 Å². The molecule has 0 saturated heterocycles. The molecule has 2 radical (unpaired) electrons. The molecule has 0 aliphatic rings. The monoisotopic (exact) mass is 163 g/mol. The van der Waals surface area contributed by atoms with Crippen LogP contribution in [0.2, 0.25) is 0 Å². The minimum atomic E-state index is -0.459. The zero-order valence-electron chi connectivity index (χ0n) is 6.60. The number of hydrogen-bond acceptors (Lipinski definition) is 1. The zero-order valence-corrected chi connectivity index (χ0v) is 6.60. The van der Waals surface area contributed by atoms with Gasteiger partial charge in [-0.15, -0.1) is 0 Å². The topological polar surface area (TPSA) is 29.1 Å². The van der Waals surface area contributed by atoms with Gasteiger partial charge in [-0.25, -0.2) is 4.39 Å². The van der Waals surface area contributed by atoms with E-state index in [1.165, 1.54) is 25.1 Å². The molecule has 4 heteroatoms. The van der Waals surface area contributed by atoms with E-state index in [0.29, 0.717) is 11.2 Å². The molecule has 0 aromatic heterocycles. The molecule has 1 rings (SSSR count). The van der Waals surface area contributed by atoms with Crippen molar-refractivity contribution < 1.29 is 9.18 Å². The Morgan fingerprint density at radius 2 is 2.17 bits per heavy atom. The highest BCUT2D eigenvalue weighted by Gasteiger charge is 1.98. The van der Waals surface area contributed by atoms with Gasteiger partial charge in [0, 0.05) is 12.6 Å². The molecular weight excluding hydrogens is 156 g/mol. The Kier molecular flexibility index (Phi) is 2.48. The summed E-state index contributed by atoms with van der Waals surface area (Å²) in [6, 6.07) is 3.88. The first kappa shape index (κ1) is 8.78. The molecule has 0 aliphatic heterocycles. The maximum Gasteiger partial charge on any atom is 0.221 e. The summed E-state index contributed by atoms with van der Waals surface area (Å²) >= 11 is 0. The van der Waals surface area contributed by atoms with Crippen molar-refractivity contribution in [3.63, 3.8) is 0 Å². The number of carbonyl (C=O) groups is 1. The molecule has 0 spiro atoms. The molecule has 60 valence electrons. The molecule has 1 aromatic carbocycles. The van der Waals surface area contributed by atoms with Crippen molar-refractivity contribution in [2.45, 2.75) is 6.92 Å². The third-order valence-corrected chi connectivity index (χ3v) is 1.24. The van der Waals surface area contributed by atoms with Gasteiger partial charge in [-0.1, -0.05) is 5.46 Å². The molecule has 2 nitrogen and oxygen atoms in total. The summed E-state index contributed by atoms with van der Waals surface area (Å²) in [5.41, 5.74) is 0.666. The van der Waals surface area contributed by atoms with E-state index in [0.717, 1.165) is 0 Å². The van der Waals surface area contributed by atoms with Gasteiger partial charge in [-0.05, 0) is 18.2 Å². The molecule has 0 bridgehead atoms. The maximum absolute atomic E-state index is 12.6. The highest BCUT2D eigenvalue weighted by molar-refractivity contribution is 6.32. The lowest BCUT2D eigenvalue weighted by Gasteiger charge is -2.02. The Morgan fingerprint density at radius 3 is 2.67 bits per heavy atom. The lowest BCUT2D eigenvalue weighted by Crippen LogP contribution is -2.10. The number of rotatable bonds is 1. The summed E-state index contributed by atoms with van der Waals surface area (Å²) in [5, 5.41) is 2.43. The van der Waals surface area contributed by atoms with Crippen molar-refractivity contribution in [1.82, 2.24) is 0 Å². The maximum atomic E-state index is 12.6. The zero-order chi connectivity index (χ0) is 9.14. The van der Waals surface area contributed by atoms with E-state index in [1.54, 1.807) is 0 Å². The van der Waals surface area contributed by atoms with Crippen LogP contribution in [0.15, 0.2) is 18.2 Å². The van der Waals surface area contributed by atoms with E-state index in [2.05, 4.69) is 5.32 Å². The molecule has 12 heavy (non-hydrogen) atoms. The van der Waals surface area contributed by atoms with Gasteiger partial charge in [-0.3, -0.25) is 4.79 Å². The van der Waals surface area contributed by atoms with Crippen molar-refractivity contribution in [3.8, 4) is 0 Å². The van der Waals surface area contributed by atoms with E-state index < -0.39 is 5.82 Å². The Bertz CT molecular complexity index is 294. The molecule has 0 fully saturated rings. The van der Waals surface area contributed by atoms with Crippen LogP contribution in [-0.2, 0) is 4.79 Å². The van der Waals surface area contributed by atoms with Crippen LogP contribution in [0.25, 0.3) is 0 Å². The predicted molar refractivity (Wildman–Crippen MR) is 46.1 cm³/mol. The number of carbonyl (C=O) groups excluding carboxylic acids is 1. The van der Waals surface area contributed by atoms with Crippen LogP contribution in [-0.4, -0.2) is 13.8 Å². The average Bonchev–Trinajstić information content (AvgIpc) is 1.81. The summed E-state index contributed by atoms with van der Waals surface area (Å²) in [4.78, 5) is 10.6. The SMILES string of the molecule is [B]c1cc(F)cc(NC(C)=O)c1. The Labute approximate surface area is 71.2 Å². The lowest BCUT2D eigenvalue weighted by atomic mass is 9.96. The summed E-state index contributed by atoms with van der Waals surface area (Å²) < 4.78 is 12.6. The first-order valence-electron chi connectivity index (χ1n) is 3.41. The highest BCUT2D eigenvalue weighted by atomic mass is 19.1. The summed E-state index contributed by atoms with van der Waals surface area (Å²) in [7, 11) is 5.34. The molecule has 0 atom stereocenters. The fourth-order valence-corrected chi connectivity index (χ4v) is 0.888. The fraction of sp³-hybridized carbons (Fsp3) is 0.125. The Hall–Kier alpha value is -1.32. The van der Waals surface area contributed by atoms with Crippen molar-refractivity contribution in [3.05, 3.63) is 24.0 Å². The average molecular weight is 163 g/mol. The van der Waals surface area contributed by atoms with Crippen LogP contribution in [0.3, 0.4) is 0 Å². The summed E-state index contributed by atoms with van der Waals surface area (Å²) in [5.74, 6) is -0.709. The van der Waals surface area contributed by atoms with Crippen LogP contribution in [0.5, 0.6) is 0 Å². The van der Waals surface area contributed by atoms with Gasteiger partial charge in [0.05, 0.1) is 0 Å². The van der Waals surface area contributed by atoms with E-state index in [1.807, 2.05) is 0 Å². The molecule has 1 N–H and O–H groups in total. The van der Waals surface area contributed by atoms with Crippen LogP contribution >= 0.6 is 0 Å². The van der Waals surface area contributed by atoms with Gasteiger partial charge in [0.2, 0.25) is 5.91 Å². The molecule has 1 amide bonds. The molecular formula is C8H7BFNO. The number of hydrogen-bond donors (Lipinski definition) is 1. The number of amides is 1. The lowest BCUT2D eigenvalue weighted by molar-refractivity contribution is -0.114. The van der Waals surface area contributed by atoms with Crippen LogP contribution < -0.4 is 10.8 Å². The van der Waals surface area contributed by atoms with Crippen LogP contribution in [0.1, 0.15) is 6.92 Å². The number of benzene rings is 1. The van der Waals surface area contributed by atoms with Crippen molar-refractivity contribution >= 4 is 24.9 Å². The van der Waals surface area contributed by atoms with Gasteiger partial charge in [0.15, 0.2) is 0 Å². The highest BCUT2D eigenvalue weighted by Crippen LogP contribution is 2.06. The number of halogens is 1. The second-order valence-electron chi connectivity index (χ2n) is 2.45. The van der Waals surface area contributed by atoms with Crippen molar-refractivity contribution in [2.24, 2.45) is 0 Å². The molecule has 0 unspecified atom stereocenters. The van der Waals surface area contributed by atoms with E-state index in [4.69, 9.17) is 7.85 Å². The third-order valence-electron chi connectivity index (χ3n) is 1.24. The van der Waals surface area contributed by atoms with Crippen molar-refractivity contribution in [1.29, 1.82) is 0 Å². The van der Waals surface area contributed by atoms with Crippen LogP contribution in [0, 0.1) is 5.82 Å². The molecule has 0 heterocycles. The van der Waals surface area contributed by atoms with Crippen molar-refractivity contribution in [2.75, 3.05) is 5.32 Å². The summed E-state index contributed by atoms with van der Waals surface area (Å²) in [6.07, 6.45) is 0. The Morgan fingerprint density at radius 1 is 1.50 bits per heavy atom. The first-order chi connectivity index (χ1) is 5.58. The largest absolute Gasteiger partial charge is 0.326 e. The standard InChI is InChI=1S/C8H7BFNO/c1-5(12)11-8-3-6(9)2-7(10)4-8/h2-4H,1H3,(H,11,12). The second kappa shape index (κ2) is 3.39. The first-order valence-corrected chi connectivity index (χ1v) is 3.41. The quantitative estimate of drug-likeness (QED) is 0.602. The van der Waals surface area contributed by atoms with Crippen LogP contribution in [0.4, 0.5) is 10.1 Å². The molecule has 0 aliphatic carbocycles.